The van der Waals surface area contributed by atoms with Gasteiger partial charge in [-0.15, -0.1) is 5.10 Å². The molecule has 1 fully saturated rings. The Hall–Kier alpha value is -3.87. The molecule has 0 spiro atoms. The topological polar surface area (TPSA) is 88.8 Å². The molecule has 2 aromatic heterocycles. The van der Waals surface area contributed by atoms with E-state index in [1.807, 2.05) is 42.5 Å². The van der Waals surface area contributed by atoms with Gasteiger partial charge in [0.1, 0.15) is 5.75 Å². The molecule has 4 aromatic rings. The minimum Gasteiger partial charge on any atom is -0.493 e. The number of carboxylic acid groups (broad SMARTS) is 1. The number of aromatic carboxylic acids is 1. The van der Waals surface area contributed by atoms with Gasteiger partial charge in [-0.2, -0.15) is 4.98 Å². The summed E-state index contributed by atoms with van der Waals surface area (Å²) < 4.78 is 7.61. The largest absolute Gasteiger partial charge is 0.493 e. The predicted molar refractivity (Wildman–Crippen MR) is 113 cm³/mol. The number of carboxylic acids is 1. The fourth-order valence-electron chi connectivity index (χ4n) is 3.22. The van der Waals surface area contributed by atoms with Crippen LogP contribution in [0.5, 0.6) is 5.75 Å². The average molecular weight is 400 g/mol. The minimum atomic E-state index is -0.957. The Kier molecular flexibility index (Phi) is 4.55. The van der Waals surface area contributed by atoms with E-state index in [-0.39, 0.29) is 5.56 Å². The SMILES string of the molecule is O=C(O)c1ccc(Nc2nc3cccc(-c4ccc(OCC5CC5)cc4)n3n2)cc1. The van der Waals surface area contributed by atoms with Gasteiger partial charge in [-0.1, -0.05) is 6.07 Å². The van der Waals surface area contributed by atoms with Gasteiger partial charge in [0.25, 0.3) is 0 Å². The Bertz CT molecular complexity index is 1200. The molecule has 0 radical (unpaired) electrons. The Labute approximate surface area is 173 Å². The van der Waals surface area contributed by atoms with Crippen LogP contribution in [-0.2, 0) is 0 Å². The third kappa shape index (κ3) is 3.82. The maximum absolute atomic E-state index is 11.0. The number of carbonyl (C=O) groups is 1. The van der Waals surface area contributed by atoms with Crippen molar-refractivity contribution in [1.82, 2.24) is 14.6 Å². The van der Waals surface area contributed by atoms with Crippen molar-refractivity contribution in [2.24, 2.45) is 5.92 Å². The molecule has 2 heterocycles. The molecule has 7 nitrogen and oxygen atoms in total. The van der Waals surface area contributed by atoms with Crippen LogP contribution >= 0.6 is 0 Å². The molecule has 0 saturated heterocycles. The number of fused-ring (bicyclic) bond motifs is 1. The first-order valence-electron chi connectivity index (χ1n) is 9.85. The monoisotopic (exact) mass is 400 g/mol. The molecular formula is C23H20N4O3. The molecule has 2 aromatic carbocycles. The Morgan fingerprint density at radius 1 is 1.07 bits per heavy atom. The fourth-order valence-corrected chi connectivity index (χ4v) is 3.22. The number of hydrogen-bond acceptors (Lipinski definition) is 5. The Balaban J connectivity index is 1.38. The summed E-state index contributed by atoms with van der Waals surface area (Å²) in [6, 6.07) is 20.3. The van der Waals surface area contributed by atoms with Gasteiger partial charge in [-0.25, -0.2) is 9.31 Å². The van der Waals surface area contributed by atoms with Crippen molar-refractivity contribution in [3.8, 4) is 17.0 Å². The Morgan fingerprint density at radius 3 is 2.53 bits per heavy atom. The van der Waals surface area contributed by atoms with Crippen LogP contribution in [0.25, 0.3) is 16.9 Å². The predicted octanol–water partition coefficient (Wildman–Crippen LogP) is 4.63. The maximum Gasteiger partial charge on any atom is 0.335 e. The Morgan fingerprint density at radius 2 is 1.83 bits per heavy atom. The van der Waals surface area contributed by atoms with E-state index >= 15 is 0 Å². The molecule has 0 atom stereocenters. The van der Waals surface area contributed by atoms with E-state index < -0.39 is 5.97 Å². The summed E-state index contributed by atoms with van der Waals surface area (Å²) in [5.41, 5.74) is 3.60. The third-order valence-corrected chi connectivity index (χ3v) is 5.08. The van der Waals surface area contributed by atoms with Crippen molar-refractivity contribution in [3.05, 3.63) is 72.3 Å². The lowest BCUT2D eigenvalue weighted by Crippen LogP contribution is -1.99. The zero-order chi connectivity index (χ0) is 20.5. The van der Waals surface area contributed by atoms with Crippen molar-refractivity contribution in [1.29, 1.82) is 0 Å². The van der Waals surface area contributed by atoms with Crippen LogP contribution in [0.2, 0.25) is 0 Å². The second-order valence-electron chi connectivity index (χ2n) is 7.40. The lowest BCUT2D eigenvalue weighted by molar-refractivity contribution is 0.0697. The smallest absolute Gasteiger partial charge is 0.335 e. The van der Waals surface area contributed by atoms with Crippen molar-refractivity contribution in [2.45, 2.75) is 12.8 Å². The van der Waals surface area contributed by atoms with Crippen LogP contribution in [-0.4, -0.2) is 32.3 Å². The molecular weight excluding hydrogens is 380 g/mol. The summed E-state index contributed by atoms with van der Waals surface area (Å²) in [6.07, 6.45) is 2.54. The second kappa shape index (κ2) is 7.51. The first-order valence-corrected chi connectivity index (χ1v) is 9.85. The third-order valence-electron chi connectivity index (χ3n) is 5.08. The van der Waals surface area contributed by atoms with Gasteiger partial charge in [-0.05, 0) is 79.4 Å². The lowest BCUT2D eigenvalue weighted by atomic mass is 10.1. The van der Waals surface area contributed by atoms with Crippen LogP contribution in [0.4, 0.5) is 11.6 Å². The number of nitrogens with zero attached hydrogens (tertiary/aromatic N) is 3. The molecule has 5 rings (SSSR count). The van der Waals surface area contributed by atoms with Crippen LogP contribution < -0.4 is 10.1 Å². The van der Waals surface area contributed by atoms with E-state index in [9.17, 15) is 4.79 Å². The highest BCUT2D eigenvalue weighted by Gasteiger charge is 2.21. The number of benzene rings is 2. The second-order valence-corrected chi connectivity index (χ2v) is 7.40. The highest BCUT2D eigenvalue weighted by molar-refractivity contribution is 5.88. The fraction of sp³-hybridized carbons (Fsp3) is 0.174. The molecule has 0 unspecified atom stereocenters. The summed E-state index contributed by atoms with van der Waals surface area (Å²) in [5, 5.41) is 16.7. The van der Waals surface area contributed by atoms with Gasteiger partial charge >= 0.3 is 5.97 Å². The number of ether oxygens (including phenoxy) is 1. The molecule has 0 aliphatic heterocycles. The number of nitrogens with one attached hydrogen (secondary N) is 1. The van der Waals surface area contributed by atoms with E-state index in [0.717, 1.165) is 35.2 Å². The maximum atomic E-state index is 11.0. The van der Waals surface area contributed by atoms with Gasteiger partial charge in [0.15, 0.2) is 5.65 Å². The average Bonchev–Trinajstić information content (AvgIpc) is 3.50. The van der Waals surface area contributed by atoms with Gasteiger partial charge in [0.05, 0.1) is 17.9 Å². The number of aromatic nitrogens is 3. The van der Waals surface area contributed by atoms with Crippen LogP contribution in [0.3, 0.4) is 0 Å². The first kappa shape index (κ1) is 18.2. The summed E-state index contributed by atoms with van der Waals surface area (Å²) in [4.78, 5) is 15.5. The van der Waals surface area contributed by atoms with Gasteiger partial charge in [-0.3, -0.25) is 0 Å². The highest BCUT2D eigenvalue weighted by atomic mass is 16.5. The lowest BCUT2D eigenvalue weighted by Gasteiger charge is -2.07. The molecule has 1 saturated carbocycles. The van der Waals surface area contributed by atoms with Crippen LogP contribution in [0.15, 0.2) is 66.7 Å². The molecule has 150 valence electrons. The van der Waals surface area contributed by atoms with E-state index in [1.165, 1.54) is 12.8 Å². The number of rotatable bonds is 7. The molecule has 2 N–H and O–H groups in total. The first-order chi connectivity index (χ1) is 14.7. The normalized spacial score (nSPS) is 13.3. The summed E-state index contributed by atoms with van der Waals surface area (Å²) in [6.45, 7) is 0.792. The number of pyridine rings is 1. The highest BCUT2D eigenvalue weighted by Crippen LogP contribution is 2.30. The van der Waals surface area contributed by atoms with E-state index in [2.05, 4.69) is 15.4 Å². The molecule has 0 bridgehead atoms. The molecule has 7 heteroatoms. The van der Waals surface area contributed by atoms with Crippen molar-refractivity contribution < 1.29 is 14.6 Å². The van der Waals surface area contributed by atoms with Crippen LogP contribution in [0.1, 0.15) is 23.2 Å². The van der Waals surface area contributed by atoms with Gasteiger partial charge in [0.2, 0.25) is 5.95 Å². The van der Waals surface area contributed by atoms with Crippen molar-refractivity contribution >= 4 is 23.3 Å². The summed E-state index contributed by atoms with van der Waals surface area (Å²) in [7, 11) is 0. The quantitative estimate of drug-likeness (QED) is 0.470. The molecule has 1 aliphatic rings. The molecule has 30 heavy (non-hydrogen) atoms. The van der Waals surface area contributed by atoms with Gasteiger partial charge < -0.3 is 15.2 Å². The molecule has 0 amide bonds. The minimum absolute atomic E-state index is 0.232. The zero-order valence-corrected chi connectivity index (χ0v) is 16.2. The van der Waals surface area contributed by atoms with Crippen molar-refractivity contribution in [3.63, 3.8) is 0 Å². The van der Waals surface area contributed by atoms with E-state index in [1.54, 1.807) is 28.8 Å². The number of anilines is 2. The van der Waals surface area contributed by atoms with E-state index in [0.29, 0.717) is 11.6 Å². The molecule has 1 aliphatic carbocycles. The van der Waals surface area contributed by atoms with Crippen molar-refractivity contribution in [2.75, 3.05) is 11.9 Å². The van der Waals surface area contributed by atoms with Gasteiger partial charge in [0, 0.05) is 11.3 Å². The summed E-state index contributed by atoms with van der Waals surface area (Å²) >= 11 is 0. The standard InChI is InChI=1S/C23H20N4O3/c28-22(29)17-6-10-18(11-7-17)24-23-25-21-3-1-2-20(27(21)26-23)16-8-12-19(13-9-16)30-14-15-4-5-15/h1-3,6-13,15H,4-5,14H2,(H,24,26)(H,28,29). The number of hydrogen-bond donors (Lipinski definition) is 2. The summed E-state index contributed by atoms with van der Waals surface area (Å²) in [5.74, 6) is 1.08. The zero-order valence-electron chi connectivity index (χ0n) is 16.2. The van der Waals surface area contributed by atoms with E-state index in [4.69, 9.17) is 9.84 Å². The van der Waals surface area contributed by atoms with Crippen LogP contribution in [0, 0.1) is 5.92 Å².